The summed E-state index contributed by atoms with van der Waals surface area (Å²) < 4.78 is 19.5. The summed E-state index contributed by atoms with van der Waals surface area (Å²) in [7, 11) is 0. The van der Waals surface area contributed by atoms with E-state index in [-0.39, 0.29) is 24.2 Å². The SMILES string of the molecule is Nc1ccc2c(c1)CCCC2NC(=O)CCc1ncc(-c2ccccc2F)o1. The number of nitrogen functional groups attached to an aromatic ring is 1. The highest BCUT2D eigenvalue weighted by molar-refractivity contribution is 5.76. The van der Waals surface area contributed by atoms with Gasteiger partial charge in [0.2, 0.25) is 5.91 Å². The maximum atomic E-state index is 13.8. The van der Waals surface area contributed by atoms with Gasteiger partial charge in [0, 0.05) is 18.5 Å². The van der Waals surface area contributed by atoms with Crippen molar-refractivity contribution in [3.05, 3.63) is 71.5 Å². The summed E-state index contributed by atoms with van der Waals surface area (Å²) in [5.41, 5.74) is 9.33. The lowest BCUT2D eigenvalue weighted by Gasteiger charge is -2.26. The average Bonchev–Trinajstić information content (AvgIpc) is 3.15. The van der Waals surface area contributed by atoms with Crippen molar-refractivity contribution in [2.45, 2.75) is 38.1 Å². The number of halogens is 1. The van der Waals surface area contributed by atoms with Gasteiger partial charge in [0.1, 0.15) is 5.82 Å². The normalized spacial score (nSPS) is 15.8. The molecule has 1 unspecified atom stereocenters. The molecular weight excluding hydrogens is 357 g/mol. The fourth-order valence-corrected chi connectivity index (χ4v) is 3.68. The number of aryl methyl sites for hydroxylation is 2. The maximum absolute atomic E-state index is 13.8. The minimum atomic E-state index is -0.362. The third-order valence-electron chi connectivity index (χ3n) is 5.08. The van der Waals surface area contributed by atoms with Crippen LogP contribution in [0.5, 0.6) is 0 Å². The van der Waals surface area contributed by atoms with Crippen LogP contribution in [0.1, 0.15) is 42.3 Å². The number of nitrogens with zero attached hydrogens (tertiary/aromatic N) is 1. The Balaban J connectivity index is 1.37. The number of fused-ring (bicyclic) bond motifs is 1. The molecule has 3 aromatic rings. The fourth-order valence-electron chi connectivity index (χ4n) is 3.68. The van der Waals surface area contributed by atoms with Crippen LogP contribution in [-0.2, 0) is 17.6 Å². The highest BCUT2D eigenvalue weighted by Gasteiger charge is 2.22. The summed E-state index contributed by atoms with van der Waals surface area (Å²) in [6, 6.07) is 12.3. The van der Waals surface area contributed by atoms with Gasteiger partial charge in [-0.05, 0) is 54.7 Å². The zero-order valence-electron chi connectivity index (χ0n) is 15.5. The largest absolute Gasteiger partial charge is 0.441 e. The van der Waals surface area contributed by atoms with Crippen LogP contribution in [0, 0.1) is 5.82 Å². The van der Waals surface area contributed by atoms with Gasteiger partial charge >= 0.3 is 0 Å². The number of nitrogens with two attached hydrogens (primary N) is 1. The molecule has 4 rings (SSSR count). The first-order chi connectivity index (χ1) is 13.6. The molecule has 0 saturated carbocycles. The molecule has 1 aliphatic rings. The Bertz CT molecular complexity index is 999. The van der Waals surface area contributed by atoms with Crippen molar-refractivity contribution in [3.8, 4) is 11.3 Å². The van der Waals surface area contributed by atoms with Crippen LogP contribution >= 0.6 is 0 Å². The first kappa shape index (κ1) is 18.2. The highest BCUT2D eigenvalue weighted by Crippen LogP contribution is 2.31. The van der Waals surface area contributed by atoms with E-state index < -0.39 is 0 Å². The molecule has 0 spiro atoms. The van der Waals surface area contributed by atoms with Gasteiger partial charge in [-0.2, -0.15) is 0 Å². The van der Waals surface area contributed by atoms with Gasteiger partial charge in [0.25, 0.3) is 0 Å². The van der Waals surface area contributed by atoms with Crippen LogP contribution in [0.4, 0.5) is 10.1 Å². The van der Waals surface area contributed by atoms with Crippen LogP contribution in [-0.4, -0.2) is 10.9 Å². The number of carbonyl (C=O) groups is 1. The van der Waals surface area contributed by atoms with E-state index >= 15 is 0 Å². The minimum absolute atomic E-state index is 0.00962. The van der Waals surface area contributed by atoms with E-state index in [1.807, 2.05) is 18.2 Å². The number of amides is 1. The molecule has 1 heterocycles. The number of hydrogen-bond donors (Lipinski definition) is 2. The second-order valence-electron chi connectivity index (χ2n) is 7.07. The van der Waals surface area contributed by atoms with E-state index in [1.54, 1.807) is 18.2 Å². The summed E-state index contributed by atoms with van der Waals surface area (Å²) in [4.78, 5) is 16.6. The second-order valence-corrected chi connectivity index (χ2v) is 7.07. The van der Waals surface area contributed by atoms with Gasteiger partial charge in [-0.1, -0.05) is 18.2 Å². The Hall–Kier alpha value is -3.15. The Morgan fingerprint density at radius 1 is 1.29 bits per heavy atom. The van der Waals surface area contributed by atoms with E-state index in [0.29, 0.717) is 23.6 Å². The second kappa shape index (κ2) is 7.84. The number of nitrogens with one attached hydrogen (secondary N) is 1. The van der Waals surface area contributed by atoms with Gasteiger partial charge in [-0.3, -0.25) is 4.79 Å². The van der Waals surface area contributed by atoms with Crippen LogP contribution in [0.3, 0.4) is 0 Å². The molecule has 0 radical (unpaired) electrons. The predicted octanol–water partition coefficient (Wildman–Crippen LogP) is 4.19. The van der Waals surface area contributed by atoms with Gasteiger partial charge in [-0.25, -0.2) is 9.37 Å². The van der Waals surface area contributed by atoms with Crippen molar-refractivity contribution in [2.24, 2.45) is 0 Å². The molecule has 0 fully saturated rings. The molecule has 1 amide bonds. The first-order valence-corrected chi connectivity index (χ1v) is 9.47. The van der Waals surface area contributed by atoms with E-state index in [9.17, 15) is 9.18 Å². The van der Waals surface area contributed by atoms with E-state index in [0.717, 1.165) is 30.5 Å². The molecule has 0 aliphatic heterocycles. The molecule has 5 nitrogen and oxygen atoms in total. The van der Waals surface area contributed by atoms with Crippen molar-refractivity contribution in [1.29, 1.82) is 0 Å². The molecule has 1 aliphatic carbocycles. The average molecular weight is 379 g/mol. The van der Waals surface area contributed by atoms with Crippen LogP contribution in [0.15, 0.2) is 53.1 Å². The molecule has 0 bridgehead atoms. The molecule has 1 atom stereocenters. The summed E-state index contributed by atoms with van der Waals surface area (Å²) in [5, 5.41) is 3.10. The summed E-state index contributed by atoms with van der Waals surface area (Å²) in [5.74, 6) is 0.373. The molecule has 144 valence electrons. The Kier molecular flexibility index (Phi) is 5.10. The number of rotatable bonds is 5. The number of carbonyl (C=O) groups excluding carboxylic acids is 1. The van der Waals surface area contributed by atoms with Crippen LogP contribution < -0.4 is 11.1 Å². The molecule has 1 aromatic heterocycles. The third kappa shape index (κ3) is 3.91. The van der Waals surface area contributed by atoms with Gasteiger partial charge in [-0.15, -0.1) is 0 Å². The summed E-state index contributed by atoms with van der Waals surface area (Å²) in [6.45, 7) is 0. The molecule has 3 N–H and O–H groups in total. The highest BCUT2D eigenvalue weighted by atomic mass is 19.1. The lowest BCUT2D eigenvalue weighted by Crippen LogP contribution is -2.31. The lowest BCUT2D eigenvalue weighted by atomic mass is 9.87. The minimum Gasteiger partial charge on any atom is -0.441 e. The topological polar surface area (TPSA) is 81.1 Å². The summed E-state index contributed by atoms with van der Waals surface area (Å²) in [6.07, 6.45) is 5.04. The number of anilines is 1. The number of aromatic nitrogens is 1. The van der Waals surface area contributed by atoms with Crippen molar-refractivity contribution in [1.82, 2.24) is 10.3 Å². The van der Waals surface area contributed by atoms with Crippen LogP contribution in [0.25, 0.3) is 11.3 Å². The Labute approximate surface area is 162 Å². The molecule has 6 heteroatoms. The van der Waals surface area contributed by atoms with Gasteiger partial charge in [0.15, 0.2) is 11.7 Å². The van der Waals surface area contributed by atoms with Gasteiger partial charge in [0.05, 0.1) is 17.8 Å². The fraction of sp³-hybridized carbons (Fsp3) is 0.273. The zero-order chi connectivity index (χ0) is 19.5. The van der Waals surface area contributed by atoms with E-state index in [1.165, 1.54) is 17.8 Å². The van der Waals surface area contributed by atoms with Crippen LogP contribution in [0.2, 0.25) is 0 Å². The molecule has 0 saturated heterocycles. The first-order valence-electron chi connectivity index (χ1n) is 9.47. The Morgan fingerprint density at radius 2 is 2.14 bits per heavy atom. The predicted molar refractivity (Wildman–Crippen MR) is 105 cm³/mol. The van der Waals surface area contributed by atoms with Crippen molar-refractivity contribution in [2.75, 3.05) is 5.73 Å². The maximum Gasteiger partial charge on any atom is 0.220 e. The molecule has 2 aromatic carbocycles. The zero-order valence-corrected chi connectivity index (χ0v) is 15.5. The number of hydrogen-bond acceptors (Lipinski definition) is 4. The standard InChI is InChI=1S/C22H22FN3O2/c23-18-6-2-1-5-17(18)20-13-25-22(28-20)11-10-21(27)26-19-7-3-4-14-12-15(24)8-9-16(14)19/h1-2,5-6,8-9,12-13,19H,3-4,7,10-11,24H2,(H,26,27). The van der Waals surface area contributed by atoms with Crippen molar-refractivity contribution < 1.29 is 13.6 Å². The third-order valence-corrected chi connectivity index (χ3v) is 5.08. The van der Waals surface area contributed by atoms with E-state index in [4.69, 9.17) is 10.2 Å². The number of benzene rings is 2. The Morgan fingerprint density at radius 3 is 3.00 bits per heavy atom. The van der Waals surface area contributed by atoms with Gasteiger partial charge < -0.3 is 15.5 Å². The molecule has 28 heavy (non-hydrogen) atoms. The van der Waals surface area contributed by atoms with Crippen molar-refractivity contribution >= 4 is 11.6 Å². The van der Waals surface area contributed by atoms with Crippen molar-refractivity contribution in [3.63, 3.8) is 0 Å². The monoisotopic (exact) mass is 379 g/mol. The smallest absolute Gasteiger partial charge is 0.220 e. The van der Waals surface area contributed by atoms with E-state index in [2.05, 4.69) is 10.3 Å². The quantitative estimate of drug-likeness (QED) is 0.652. The molecular formula is C22H22FN3O2. The lowest BCUT2D eigenvalue weighted by molar-refractivity contribution is -0.122. The number of oxazole rings is 1. The summed E-state index contributed by atoms with van der Waals surface area (Å²) >= 11 is 0.